The van der Waals surface area contributed by atoms with Crippen molar-refractivity contribution in [2.24, 2.45) is 5.73 Å². The first-order chi connectivity index (χ1) is 10.1. The van der Waals surface area contributed by atoms with Crippen molar-refractivity contribution in [2.75, 3.05) is 13.7 Å². The molecule has 0 spiro atoms. The first-order valence-electron chi connectivity index (χ1n) is 6.89. The first-order valence-corrected chi connectivity index (χ1v) is 7.26. The van der Waals surface area contributed by atoms with E-state index in [2.05, 4.69) is 13.0 Å². The lowest BCUT2D eigenvalue weighted by Crippen LogP contribution is -2.06. The molecule has 2 rings (SSSR count). The highest BCUT2D eigenvalue weighted by Crippen LogP contribution is 2.26. The third-order valence-corrected chi connectivity index (χ3v) is 3.49. The van der Waals surface area contributed by atoms with Gasteiger partial charge in [-0.25, -0.2) is 0 Å². The summed E-state index contributed by atoms with van der Waals surface area (Å²) in [7, 11) is 1.64. The van der Waals surface area contributed by atoms with Crippen LogP contribution in [0.5, 0.6) is 11.5 Å². The highest BCUT2D eigenvalue weighted by Gasteiger charge is 2.08. The van der Waals surface area contributed by atoms with Crippen molar-refractivity contribution in [2.45, 2.75) is 20.0 Å². The molecule has 0 bridgehead atoms. The fraction of sp³-hybridized carbons (Fsp3) is 0.294. The molecule has 0 aliphatic rings. The summed E-state index contributed by atoms with van der Waals surface area (Å²) in [6.45, 7) is 3.06. The lowest BCUT2D eigenvalue weighted by molar-refractivity contribution is 0.294. The maximum absolute atomic E-state index is 6.03. The summed E-state index contributed by atoms with van der Waals surface area (Å²) >= 11 is 6.03. The van der Waals surface area contributed by atoms with E-state index in [-0.39, 0.29) is 0 Å². The van der Waals surface area contributed by atoms with Crippen LogP contribution in [0.4, 0.5) is 0 Å². The van der Waals surface area contributed by atoms with Crippen LogP contribution in [-0.4, -0.2) is 13.7 Å². The fourth-order valence-corrected chi connectivity index (χ4v) is 2.41. The van der Waals surface area contributed by atoms with Gasteiger partial charge in [0.25, 0.3) is 0 Å². The number of halogens is 1. The Bertz CT molecular complexity index is 614. The molecule has 3 nitrogen and oxygen atoms in total. The molecule has 0 atom stereocenters. The molecule has 0 aliphatic heterocycles. The van der Waals surface area contributed by atoms with Gasteiger partial charge in [-0.3, -0.25) is 0 Å². The predicted octanol–water partition coefficient (Wildman–Crippen LogP) is 3.74. The number of nitrogens with two attached hydrogens (primary N) is 1. The zero-order valence-electron chi connectivity index (χ0n) is 12.4. The molecule has 0 heterocycles. The summed E-state index contributed by atoms with van der Waals surface area (Å²) in [4.78, 5) is 0. The van der Waals surface area contributed by atoms with Gasteiger partial charge in [0.1, 0.15) is 18.1 Å². The molecule has 2 aromatic rings. The molecule has 0 aromatic heterocycles. The number of rotatable bonds is 6. The minimum Gasteiger partial charge on any atom is -0.496 e. The minimum atomic E-state index is 0.407. The van der Waals surface area contributed by atoms with Crippen LogP contribution in [0.2, 0.25) is 5.02 Å². The Hall–Kier alpha value is -1.71. The number of methoxy groups -OCH3 is 1. The standard InChI is InChI=1S/C17H20ClNO2/c1-12-3-5-17(13(9-12)7-8-19)21-11-14-10-15(18)4-6-16(14)20-2/h3-6,9-10H,7-8,11,19H2,1-2H3. The molecule has 2 aromatic carbocycles. The van der Waals surface area contributed by atoms with Crippen LogP contribution in [0, 0.1) is 6.92 Å². The van der Waals surface area contributed by atoms with E-state index in [1.807, 2.05) is 24.3 Å². The van der Waals surface area contributed by atoms with Crippen LogP contribution in [0.1, 0.15) is 16.7 Å². The normalized spacial score (nSPS) is 10.5. The van der Waals surface area contributed by atoms with Gasteiger partial charge in [-0.15, -0.1) is 0 Å². The number of ether oxygens (including phenoxy) is 2. The smallest absolute Gasteiger partial charge is 0.125 e. The highest BCUT2D eigenvalue weighted by atomic mass is 35.5. The molecule has 21 heavy (non-hydrogen) atoms. The predicted molar refractivity (Wildman–Crippen MR) is 86.3 cm³/mol. The summed E-state index contributed by atoms with van der Waals surface area (Å²) in [6.07, 6.45) is 0.795. The molecule has 112 valence electrons. The van der Waals surface area contributed by atoms with E-state index in [0.717, 1.165) is 29.0 Å². The molecule has 4 heteroatoms. The Labute approximate surface area is 130 Å². The maximum Gasteiger partial charge on any atom is 0.125 e. The van der Waals surface area contributed by atoms with Crippen LogP contribution in [-0.2, 0) is 13.0 Å². The van der Waals surface area contributed by atoms with E-state index in [1.54, 1.807) is 13.2 Å². The first kappa shape index (κ1) is 15.7. The minimum absolute atomic E-state index is 0.407. The molecule has 0 aliphatic carbocycles. The summed E-state index contributed by atoms with van der Waals surface area (Å²) < 4.78 is 11.3. The largest absolute Gasteiger partial charge is 0.496 e. The third-order valence-electron chi connectivity index (χ3n) is 3.26. The zero-order chi connectivity index (χ0) is 15.2. The van der Waals surface area contributed by atoms with Gasteiger partial charge in [-0.2, -0.15) is 0 Å². The van der Waals surface area contributed by atoms with Gasteiger partial charge in [0.15, 0.2) is 0 Å². The summed E-state index contributed by atoms with van der Waals surface area (Å²) in [5.74, 6) is 1.62. The monoisotopic (exact) mass is 305 g/mol. The molecule has 0 amide bonds. The lowest BCUT2D eigenvalue weighted by Gasteiger charge is -2.14. The van der Waals surface area contributed by atoms with Crippen LogP contribution in [0.25, 0.3) is 0 Å². The van der Waals surface area contributed by atoms with Crippen molar-refractivity contribution in [3.8, 4) is 11.5 Å². The summed E-state index contributed by atoms with van der Waals surface area (Å²) in [5.41, 5.74) is 8.90. The molecule has 0 saturated heterocycles. The van der Waals surface area contributed by atoms with Gasteiger partial charge >= 0.3 is 0 Å². The van der Waals surface area contributed by atoms with Crippen molar-refractivity contribution in [1.29, 1.82) is 0 Å². The number of aryl methyl sites for hydroxylation is 1. The SMILES string of the molecule is COc1ccc(Cl)cc1COc1ccc(C)cc1CCN. The van der Waals surface area contributed by atoms with Crippen LogP contribution in [0.3, 0.4) is 0 Å². The van der Waals surface area contributed by atoms with E-state index in [9.17, 15) is 0 Å². The second-order valence-corrected chi connectivity index (χ2v) is 5.33. The number of hydrogen-bond donors (Lipinski definition) is 1. The van der Waals surface area contributed by atoms with Gasteiger partial charge in [0.05, 0.1) is 7.11 Å². The Morgan fingerprint density at radius 2 is 1.81 bits per heavy atom. The second-order valence-electron chi connectivity index (χ2n) is 4.89. The van der Waals surface area contributed by atoms with Crippen molar-refractivity contribution >= 4 is 11.6 Å². The number of hydrogen-bond acceptors (Lipinski definition) is 3. The molecular formula is C17H20ClNO2. The topological polar surface area (TPSA) is 44.5 Å². The average Bonchev–Trinajstić information content (AvgIpc) is 2.47. The molecule has 0 fully saturated rings. The Morgan fingerprint density at radius 3 is 2.52 bits per heavy atom. The average molecular weight is 306 g/mol. The van der Waals surface area contributed by atoms with Gasteiger partial charge in [-0.1, -0.05) is 29.3 Å². The van der Waals surface area contributed by atoms with Crippen LogP contribution < -0.4 is 15.2 Å². The van der Waals surface area contributed by atoms with Gasteiger partial charge in [-0.05, 0) is 49.7 Å². The van der Waals surface area contributed by atoms with Crippen molar-refractivity contribution in [1.82, 2.24) is 0 Å². The van der Waals surface area contributed by atoms with Crippen LogP contribution in [0.15, 0.2) is 36.4 Å². The van der Waals surface area contributed by atoms with E-state index < -0.39 is 0 Å². The Balaban J connectivity index is 2.18. The molecule has 0 radical (unpaired) electrons. The van der Waals surface area contributed by atoms with E-state index in [4.69, 9.17) is 26.8 Å². The van der Waals surface area contributed by atoms with Gasteiger partial charge in [0, 0.05) is 10.6 Å². The second kappa shape index (κ2) is 7.34. The summed E-state index contributed by atoms with van der Waals surface area (Å²) in [5, 5.41) is 0.667. The van der Waals surface area contributed by atoms with Gasteiger partial charge < -0.3 is 15.2 Å². The molecule has 0 unspecified atom stereocenters. The maximum atomic E-state index is 6.03. The van der Waals surface area contributed by atoms with Crippen LogP contribution >= 0.6 is 11.6 Å². The van der Waals surface area contributed by atoms with Crippen molar-refractivity contribution in [3.05, 3.63) is 58.1 Å². The Morgan fingerprint density at radius 1 is 1.05 bits per heavy atom. The van der Waals surface area contributed by atoms with E-state index in [1.165, 1.54) is 5.56 Å². The van der Waals surface area contributed by atoms with Crippen molar-refractivity contribution < 1.29 is 9.47 Å². The third kappa shape index (κ3) is 4.13. The molecule has 0 saturated carbocycles. The van der Waals surface area contributed by atoms with Crippen molar-refractivity contribution in [3.63, 3.8) is 0 Å². The fourth-order valence-electron chi connectivity index (χ4n) is 2.22. The molecular weight excluding hydrogens is 286 g/mol. The highest BCUT2D eigenvalue weighted by molar-refractivity contribution is 6.30. The summed E-state index contributed by atoms with van der Waals surface area (Å²) in [6, 6.07) is 11.6. The Kier molecular flexibility index (Phi) is 5.48. The van der Waals surface area contributed by atoms with Gasteiger partial charge in [0.2, 0.25) is 0 Å². The molecule has 2 N–H and O–H groups in total. The zero-order valence-corrected chi connectivity index (χ0v) is 13.1. The quantitative estimate of drug-likeness (QED) is 0.884. The number of benzene rings is 2. The lowest BCUT2D eigenvalue weighted by atomic mass is 10.1. The van der Waals surface area contributed by atoms with E-state index >= 15 is 0 Å². The van der Waals surface area contributed by atoms with E-state index in [0.29, 0.717) is 18.2 Å².